The summed E-state index contributed by atoms with van der Waals surface area (Å²) >= 11 is 0. The van der Waals surface area contributed by atoms with Crippen molar-refractivity contribution in [2.45, 2.75) is 24.2 Å². The summed E-state index contributed by atoms with van der Waals surface area (Å²) in [4.78, 5) is 13.0. The maximum atomic E-state index is 12.2. The molecular weight excluding hydrogens is 306 g/mol. The van der Waals surface area contributed by atoms with E-state index in [1.54, 1.807) is 0 Å². The van der Waals surface area contributed by atoms with Gasteiger partial charge in [-0.05, 0) is 42.5 Å². The number of aryl methyl sites for hydroxylation is 1. The summed E-state index contributed by atoms with van der Waals surface area (Å²) in [6.07, 6.45) is 0.915. The van der Waals surface area contributed by atoms with Crippen LogP contribution in [0.25, 0.3) is 0 Å². The first kappa shape index (κ1) is 15.9. The van der Waals surface area contributed by atoms with Crippen LogP contribution >= 0.6 is 0 Å². The molecule has 1 fully saturated rings. The highest BCUT2D eigenvalue weighted by molar-refractivity contribution is 7.85. The Hall–Kier alpha value is -1.94. The smallest absolute Gasteiger partial charge is 0.223 e. The Morgan fingerprint density at radius 3 is 2.57 bits per heavy atom. The molecule has 1 amide bonds. The van der Waals surface area contributed by atoms with Gasteiger partial charge in [0, 0.05) is 23.1 Å². The van der Waals surface area contributed by atoms with E-state index in [1.165, 1.54) is 11.1 Å². The van der Waals surface area contributed by atoms with Crippen LogP contribution in [0.4, 0.5) is 0 Å². The summed E-state index contributed by atoms with van der Waals surface area (Å²) in [5.74, 6) is 0.956. The van der Waals surface area contributed by atoms with Gasteiger partial charge in [0.05, 0.1) is 10.8 Å². The van der Waals surface area contributed by atoms with E-state index in [2.05, 4.69) is 24.4 Å². The van der Waals surface area contributed by atoms with Crippen molar-refractivity contribution in [3.63, 3.8) is 0 Å². The molecule has 0 aliphatic heterocycles. The summed E-state index contributed by atoms with van der Waals surface area (Å²) in [6.45, 7) is 2.54. The van der Waals surface area contributed by atoms with Crippen molar-refractivity contribution in [3.8, 4) is 0 Å². The molecule has 3 atom stereocenters. The normalized spacial score (nSPS) is 20.7. The number of amides is 1. The van der Waals surface area contributed by atoms with Gasteiger partial charge in [0.15, 0.2) is 0 Å². The minimum Gasteiger partial charge on any atom is -0.355 e. The fourth-order valence-electron chi connectivity index (χ4n) is 2.92. The number of hydrogen-bond donors (Lipinski definition) is 1. The zero-order valence-corrected chi connectivity index (χ0v) is 14.0. The summed E-state index contributed by atoms with van der Waals surface area (Å²) in [7, 11) is -1.06. The first-order valence-electron chi connectivity index (χ1n) is 7.93. The number of carbonyl (C=O) groups is 1. The van der Waals surface area contributed by atoms with Crippen LogP contribution in [-0.4, -0.2) is 22.4 Å². The molecule has 23 heavy (non-hydrogen) atoms. The van der Waals surface area contributed by atoms with Crippen LogP contribution < -0.4 is 5.32 Å². The monoisotopic (exact) mass is 327 g/mol. The van der Waals surface area contributed by atoms with E-state index in [0.29, 0.717) is 18.2 Å². The zero-order valence-electron chi connectivity index (χ0n) is 13.2. The molecule has 120 valence electrons. The van der Waals surface area contributed by atoms with Crippen LogP contribution in [0.5, 0.6) is 0 Å². The number of nitrogens with one attached hydrogen (secondary N) is 1. The van der Waals surface area contributed by atoms with Gasteiger partial charge in [-0.15, -0.1) is 0 Å². The maximum Gasteiger partial charge on any atom is 0.223 e. The lowest BCUT2D eigenvalue weighted by atomic mass is 10.0. The van der Waals surface area contributed by atoms with Crippen molar-refractivity contribution in [2.75, 3.05) is 12.3 Å². The van der Waals surface area contributed by atoms with Crippen LogP contribution in [-0.2, 0) is 15.6 Å². The van der Waals surface area contributed by atoms with E-state index < -0.39 is 10.8 Å². The van der Waals surface area contributed by atoms with Crippen molar-refractivity contribution in [1.82, 2.24) is 5.32 Å². The van der Waals surface area contributed by atoms with Crippen molar-refractivity contribution in [3.05, 3.63) is 65.7 Å². The Morgan fingerprint density at radius 2 is 1.83 bits per heavy atom. The zero-order chi connectivity index (χ0) is 16.2. The lowest BCUT2D eigenvalue weighted by Gasteiger charge is -2.07. The minimum atomic E-state index is -1.06. The van der Waals surface area contributed by atoms with E-state index in [-0.39, 0.29) is 11.8 Å². The molecule has 1 saturated carbocycles. The molecule has 0 saturated heterocycles. The van der Waals surface area contributed by atoms with Crippen LogP contribution in [0.1, 0.15) is 23.5 Å². The van der Waals surface area contributed by atoms with Gasteiger partial charge in [-0.1, -0.05) is 42.5 Å². The second kappa shape index (κ2) is 7.09. The predicted molar refractivity (Wildman–Crippen MR) is 92.8 cm³/mol. The fourth-order valence-corrected chi connectivity index (χ4v) is 3.90. The Labute approximate surface area is 139 Å². The Balaban J connectivity index is 1.46. The molecule has 0 unspecified atom stereocenters. The second-order valence-electron chi connectivity index (χ2n) is 5.96. The Bertz CT molecular complexity index is 714. The molecule has 0 bridgehead atoms. The lowest BCUT2D eigenvalue weighted by molar-refractivity contribution is -0.122. The number of carbonyl (C=O) groups excluding carboxylic acids is 1. The van der Waals surface area contributed by atoms with E-state index in [9.17, 15) is 9.00 Å². The molecule has 2 aromatic carbocycles. The average Bonchev–Trinajstić information content (AvgIpc) is 3.36. The highest BCUT2D eigenvalue weighted by atomic mass is 32.2. The van der Waals surface area contributed by atoms with Crippen LogP contribution in [0.15, 0.2) is 59.5 Å². The molecule has 1 aliphatic rings. The highest BCUT2D eigenvalue weighted by Gasteiger charge is 2.44. The van der Waals surface area contributed by atoms with E-state index in [4.69, 9.17) is 0 Å². The summed E-state index contributed by atoms with van der Waals surface area (Å²) < 4.78 is 12.1. The summed E-state index contributed by atoms with van der Waals surface area (Å²) in [6, 6.07) is 17.6. The van der Waals surface area contributed by atoms with Crippen molar-refractivity contribution in [2.24, 2.45) is 5.92 Å². The highest BCUT2D eigenvalue weighted by Crippen LogP contribution is 2.48. The maximum absolute atomic E-state index is 12.2. The third kappa shape index (κ3) is 3.88. The van der Waals surface area contributed by atoms with Gasteiger partial charge in [0.2, 0.25) is 5.91 Å². The summed E-state index contributed by atoms with van der Waals surface area (Å²) in [5.41, 5.74) is 2.53. The van der Waals surface area contributed by atoms with Gasteiger partial charge in [-0.25, -0.2) is 0 Å². The van der Waals surface area contributed by atoms with E-state index in [1.807, 2.05) is 42.5 Å². The number of rotatable bonds is 6. The molecule has 4 heteroatoms. The van der Waals surface area contributed by atoms with Gasteiger partial charge >= 0.3 is 0 Å². The quantitative estimate of drug-likeness (QED) is 0.886. The van der Waals surface area contributed by atoms with Crippen molar-refractivity contribution >= 4 is 16.7 Å². The van der Waals surface area contributed by atoms with E-state index in [0.717, 1.165) is 11.3 Å². The minimum absolute atomic E-state index is 0.0706. The van der Waals surface area contributed by atoms with Gasteiger partial charge in [0.25, 0.3) is 0 Å². The van der Waals surface area contributed by atoms with Crippen LogP contribution in [0, 0.1) is 12.8 Å². The van der Waals surface area contributed by atoms with E-state index >= 15 is 0 Å². The van der Waals surface area contributed by atoms with Crippen LogP contribution in [0.3, 0.4) is 0 Å². The predicted octanol–water partition coefficient (Wildman–Crippen LogP) is 3.02. The molecule has 0 radical (unpaired) electrons. The van der Waals surface area contributed by atoms with Gasteiger partial charge in [-0.2, -0.15) is 0 Å². The molecule has 0 heterocycles. The molecule has 2 aromatic rings. The molecule has 3 rings (SSSR count). The number of benzene rings is 2. The molecule has 1 N–H and O–H groups in total. The first-order valence-corrected chi connectivity index (χ1v) is 9.25. The topological polar surface area (TPSA) is 46.2 Å². The van der Waals surface area contributed by atoms with Gasteiger partial charge < -0.3 is 5.32 Å². The largest absolute Gasteiger partial charge is 0.355 e. The third-order valence-electron chi connectivity index (χ3n) is 4.31. The standard InChI is InChI=1S/C19H21NO2S/c1-14-7-5-6-10-16(14)17-13-18(17)19(21)20-11-12-23(22)15-8-3-2-4-9-15/h2-10,17-18H,11-13H2,1H3,(H,20,21)/t17-,18-,23+/m0/s1. The summed E-state index contributed by atoms with van der Waals surface area (Å²) in [5, 5.41) is 2.93. The van der Waals surface area contributed by atoms with Gasteiger partial charge in [-0.3, -0.25) is 9.00 Å². The Morgan fingerprint density at radius 1 is 1.13 bits per heavy atom. The Kier molecular flexibility index (Phi) is 4.91. The van der Waals surface area contributed by atoms with Crippen molar-refractivity contribution in [1.29, 1.82) is 0 Å². The second-order valence-corrected chi connectivity index (χ2v) is 7.53. The molecule has 0 aromatic heterocycles. The lowest BCUT2D eigenvalue weighted by Crippen LogP contribution is -2.29. The third-order valence-corrected chi connectivity index (χ3v) is 5.68. The van der Waals surface area contributed by atoms with Crippen LogP contribution in [0.2, 0.25) is 0 Å². The molecule has 0 spiro atoms. The SMILES string of the molecule is Cc1ccccc1[C@@H]1C[C@@H]1C(=O)NCC[S@@](=O)c1ccccc1. The number of hydrogen-bond acceptors (Lipinski definition) is 2. The average molecular weight is 327 g/mol. The first-order chi connectivity index (χ1) is 11.2. The molecule has 3 nitrogen and oxygen atoms in total. The van der Waals surface area contributed by atoms with Gasteiger partial charge in [0.1, 0.15) is 0 Å². The fraction of sp³-hybridized carbons (Fsp3) is 0.316. The van der Waals surface area contributed by atoms with Crippen molar-refractivity contribution < 1.29 is 9.00 Å². The molecule has 1 aliphatic carbocycles. The molecular formula is C19H21NO2S.